The van der Waals surface area contributed by atoms with E-state index in [2.05, 4.69) is 29.8 Å². The van der Waals surface area contributed by atoms with Gasteiger partial charge in [-0.05, 0) is 23.7 Å². The van der Waals surface area contributed by atoms with Gasteiger partial charge in [-0.3, -0.25) is 4.98 Å². The number of nitrogens with zero attached hydrogens (tertiary/aromatic N) is 5. The number of ether oxygens (including phenoxy) is 1. The number of fused-ring (bicyclic) bond motifs is 1. The van der Waals surface area contributed by atoms with Crippen LogP contribution in [0, 0.1) is 0 Å². The van der Waals surface area contributed by atoms with E-state index in [9.17, 15) is 0 Å². The lowest BCUT2D eigenvalue weighted by molar-refractivity contribution is 0.122. The third-order valence-corrected chi connectivity index (χ3v) is 3.73. The maximum absolute atomic E-state index is 6.06. The van der Waals surface area contributed by atoms with Crippen molar-refractivity contribution >= 4 is 28.6 Å². The van der Waals surface area contributed by atoms with Gasteiger partial charge >= 0.3 is 0 Å². The van der Waals surface area contributed by atoms with Gasteiger partial charge in [-0.15, -0.1) is 0 Å². The highest BCUT2D eigenvalue weighted by Gasteiger charge is 2.20. The Morgan fingerprint density at radius 3 is 2.64 bits per heavy atom. The van der Waals surface area contributed by atoms with Crippen molar-refractivity contribution in [1.82, 2.24) is 24.9 Å². The van der Waals surface area contributed by atoms with Crippen LogP contribution in [-0.2, 0) is 4.74 Å². The van der Waals surface area contributed by atoms with E-state index >= 15 is 0 Å². The second kappa shape index (κ2) is 5.51. The number of nitrogens with one attached hydrogen (secondary N) is 1. The van der Waals surface area contributed by atoms with Crippen LogP contribution >= 0.6 is 11.6 Å². The summed E-state index contributed by atoms with van der Waals surface area (Å²) >= 11 is 6.06. The average molecular weight is 317 g/mol. The van der Waals surface area contributed by atoms with Gasteiger partial charge in [-0.1, -0.05) is 0 Å². The Hall–Kier alpha value is -2.25. The monoisotopic (exact) mass is 316 g/mol. The lowest BCUT2D eigenvalue weighted by atomic mass is 10.2. The summed E-state index contributed by atoms with van der Waals surface area (Å²) in [4.78, 5) is 22.6. The summed E-state index contributed by atoms with van der Waals surface area (Å²) < 4.78 is 5.38. The quantitative estimate of drug-likeness (QED) is 0.727. The van der Waals surface area contributed by atoms with E-state index in [-0.39, 0.29) is 5.28 Å². The fourth-order valence-corrected chi connectivity index (χ4v) is 2.67. The molecule has 1 N–H and O–H groups in total. The van der Waals surface area contributed by atoms with Crippen molar-refractivity contribution in [3.05, 3.63) is 29.8 Å². The van der Waals surface area contributed by atoms with Gasteiger partial charge in [-0.25, -0.2) is 4.98 Å². The van der Waals surface area contributed by atoms with Crippen LogP contribution < -0.4 is 4.90 Å². The lowest BCUT2D eigenvalue weighted by Crippen LogP contribution is -2.37. The van der Waals surface area contributed by atoms with Crippen molar-refractivity contribution in [2.24, 2.45) is 0 Å². The summed E-state index contributed by atoms with van der Waals surface area (Å²) in [7, 11) is 0. The first-order chi connectivity index (χ1) is 10.8. The second-order valence-electron chi connectivity index (χ2n) is 4.93. The number of anilines is 1. The minimum atomic E-state index is 0.207. The highest BCUT2D eigenvalue weighted by Crippen LogP contribution is 2.27. The standard InChI is InChI=1S/C14H13ClN6O/c15-14-19-12-10(13(20-14)21-5-7-22-8-6-21)17-11(18-12)9-1-3-16-4-2-9/h1-4H,5-8H2,(H,17,18,19,20). The van der Waals surface area contributed by atoms with Crippen LogP contribution in [0.5, 0.6) is 0 Å². The molecule has 0 amide bonds. The van der Waals surface area contributed by atoms with Crippen molar-refractivity contribution in [2.75, 3.05) is 31.2 Å². The highest BCUT2D eigenvalue weighted by atomic mass is 35.5. The number of hydrogen-bond donors (Lipinski definition) is 1. The van der Waals surface area contributed by atoms with Crippen molar-refractivity contribution in [3.8, 4) is 11.4 Å². The summed E-state index contributed by atoms with van der Waals surface area (Å²) in [5.74, 6) is 1.47. The topological polar surface area (TPSA) is 79.8 Å². The van der Waals surface area contributed by atoms with Crippen molar-refractivity contribution in [2.45, 2.75) is 0 Å². The van der Waals surface area contributed by atoms with E-state index < -0.39 is 0 Å². The van der Waals surface area contributed by atoms with Crippen LogP contribution in [0.25, 0.3) is 22.6 Å². The van der Waals surface area contributed by atoms with E-state index in [0.29, 0.717) is 18.9 Å². The van der Waals surface area contributed by atoms with Gasteiger partial charge in [0, 0.05) is 31.0 Å². The van der Waals surface area contributed by atoms with Crippen molar-refractivity contribution < 1.29 is 4.74 Å². The number of aromatic amines is 1. The molecule has 1 fully saturated rings. The maximum Gasteiger partial charge on any atom is 0.226 e. The Labute approximate surface area is 131 Å². The number of morpholine rings is 1. The molecule has 0 unspecified atom stereocenters. The number of hydrogen-bond acceptors (Lipinski definition) is 6. The van der Waals surface area contributed by atoms with Gasteiger partial charge in [0.25, 0.3) is 0 Å². The predicted octanol–water partition coefficient (Wildman–Crippen LogP) is 1.90. The third-order valence-electron chi connectivity index (χ3n) is 3.56. The van der Waals surface area contributed by atoms with E-state index in [0.717, 1.165) is 35.8 Å². The molecule has 112 valence electrons. The summed E-state index contributed by atoms with van der Waals surface area (Å²) in [6, 6.07) is 3.78. The molecule has 1 aliphatic rings. The first kappa shape index (κ1) is 13.4. The zero-order valence-corrected chi connectivity index (χ0v) is 12.4. The maximum atomic E-state index is 6.06. The lowest BCUT2D eigenvalue weighted by Gasteiger charge is -2.27. The molecule has 8 heteroatoms. The normalized spacial score (nSPS) is 15.4. The smallest absolute Gasteiger partial charge is 0.226 e. The second-order valence-corrected chi connectivity index (χ2v) is 5.27. The number of rotatable bonds is 2. The first-order valence-electron chi connectivity index (χ1n) is 6.97. The van der Waals surface area contributed by atoms with Crippen LogP contribution in [0.2, 0.25) is 5.28 Å². The zero-order chi connectivity index (χ0) is 14.9. The fraction of sp³-hybridized carbons (Fsp3) is 0.286. The number of halogens is 1. The molecule has 0 spiro atoms. The zero-order valence-electron chi connectivity index (χ0n) is 11.7. The minimum Gasteiger partial charge on any atom is -0.378 e. The average Bonchev–Trinajstić information content (AvgIpc) is 2.99. The van der Waals surface area contributed by atoms with Crippen LogP contribution in [0.3, 0.4) is 0 Å². The van der Waals surface area contributed by atoms with Gasteiger partial charge in [-0.2, -0.15) is 9.97 Å². The molecule has 7 nitrogen and oxygen atoms in total. The molecule has 22 heavy (non-hydrogen) atoms. The summed E-state index contributed by atoms with van der Waals surface area (Å²) in [6.07, 6.45) is 3.45. The fourth-order valence-electron chi connectivity index (χ4n) is 2.50. The van der Waals surface area contributed by atoms with E-state index in [1.165, 1.54) is 0 Å². The van der Waals surface area contributed by atoms with E-state index in [4.69, 9.17) is 16.3 Å². The van der Waals surface area contributed by atoms with Crippen LogP contribution in [0.15, 0.2) is 24.5 Å². The molecule has 0 bridgehead atoms. The van der Waals surface area contributed by atoms with E-state index in [1.54, 1.807) is 12.4 Å². The minimum absolute atomic E-state index is 0.207. The van der Waals surface area contributed by atoms with Gasteiger partial charge < -0.3 is 14.6 Å². The van der Waals surface area contributed by atoms with Crippen molar-refractivity contribution in [3.63, 3.8) is 0 Å². The Balaban J connectivity index is 1.84. The molecule has 4 heterocycles. The molecular weight excluding hydrogens is 304 g/mol. The van der Waals surface area contributed by atoms with E-state index in [1.807, 2.05) is 12.1 Å². The van der Waals surface area contributed by atoms with Gasteiger partial charge in [0.05, 0.1) is 13.2 Å². The highest BCUT2D eigenvalue weighted by molar-refractivity contribution is 6.28. The molecule has 0 radical (unpaired) electrons. The van der Waals surface area contributed by atoms with Crippen LogP contribution in [0.1, 0.15) is 0 Å². The molecule has 0 saturated carbocycles. The molecule has 3 aromatic heterocycles. The number of H-pyrrole nitrogens is 1. The Bertz CT molecular complexity index is 800. The molecule has 1 aliphatic heterocycles. The number of aromatic nitrogens is 5. The number of imidazole rings is 1. The molecule has 1 saturated heterocycles. The Kier molecular flexibility index (Phi) is 3.36. The van der Waals surface area contributed by atoms with Gasteiger partial charge in [0.15, 0.2) is 17.0 Å². The van der Waals surface area contributed by atoms with Crippen molar-refractivity contribution in [1.29, 1.82) is 0 Å². The molecule has 0 aliphatic carbocycles. The predicted molar refractivity (Wildman–Crippen MR) is 83.0 cm³/mol. The number of pyridine rings is 1. The van der Waals surface area contributed by atoms with Crippen LogP contribution in [0.4, 0.5) is 5.82 Å². The van der Waals surface area contributed by atoms with Gasteiger partial charge in [0.2, 0.25) is 5.28 Å². The van der Waals surface area contributed by atoms with Gasteiger partial charge in [0.1, 0.15) is 5.82 Å². The molecule has 0 aromatic carbocycles. The molecule has 0 atom stereocenters. The van der Waals surface area contributed by atoms with Crippen LogP contribution in [-0.4, -0.2) is 51.2 Å². The molecular formula is C14H13ClN6O. The molecule has 4 rings (SSSR count). The Morgan fingerprint density at radius 2 is 1.86 bits per heavy atom. The third kappa shape index (κ3) is 2.38. The first-order valence-corrected chi connectivity index (χ1v) is 7.35. The Morgan fingerprint density at radius 1 is 1.09 bits per heavy atom. The molecule has 3 aromatic rings. The largest absolute Gasteiger partial charge is 0.378 e. The summed E-state index contributed by atoms with van der Waals surface area (Å²) in [5, 5.41) is 0.207. The SMILES string of the molecule is Clc1nc(N2CCOCC2)c2nc(-c3ccncc3)[nH]c2n1. The summed E-state index contributed by atoms with van der Waals surface area (Å²) in [6.45, 7) is 2.87. The summed E-state index contributed by atoms with van der Waals surface area (Å²) in [5.41, 5.74) is 2.29.